The van der Waals surface area contributed by atoms with Gasteiger partial charge in [0.2, 0.25) is 0 Å². The van der Waals surface area contributed by atoms with E-state index in [9.17, 15) is 4.79 Å². The van der Waals surface area contributed by atoms with Crippen LogP contribution in [0.4, 0.5) is 11.4 Å². The lowest BCUT2D eigenvalue weighted by atomic mass is 10.2. The molecule has 0 aromatic carbocycles. The molecule has 0 bridgehead atoms. The molecule has 0 amide bonds. The summed E-state index contributed by atoms with van der Waals surface area (Å²) in [5.41, 5.74) is 3.24. The topological polar surface area (TPSA) is 126 Å². The summed E-state index contributed by atoms with van der Waals surface area (Å²) in [6.45, 7) is 4.00. The average molecular weight is 459 g/mol. The number of rotatable bonds is 4. The summed E-state index contributed by atoms with van der Waals surface area (Å²) in [7, 11) is 1.30. The maximum absolute atomic E-state index is 11.4. The SMILES string of the molecule is COC(=O)c1ccc(N2CC3CC3C2)c(C#N)n1.N#Cc1nc(CO)ccc1N1CC2CC2C1. The van der Waals surface area contributed by atoms with Crippen LogP contribution in [0, 0.1) is 46.3 Å². The van der Waals surface area contributed by atoms with E-state index in [1.54, 1.807) is 18.2 Å². The number of anilines is 2. The van der Waals surface area contributed by atoms with E-state index in [1.807, 2.05) is 6.07 Å². The average Bonchev–Trinajstić information content (AvgIpc) is 3.73. The molecule has 9 nitrogen and oxygen atoms in total. The minimum atomic E-state index is -0.512. The summed E-state index contributed by atoms with van der Waals surface area (Å²) in [6.07, 6.45) is 2.66. The number of aromatic nitrogens is 2. The van der Waals surface area contributed by atoms with Gasteiger partial charge in [-0.2, -0.15) is 10.5 Å². The Bertz CT molecular complexity index is 1180. The minimum Gasteiger partial charge on any atom is -0.464 e. The Morgan fingerprint density at radius 2 is 1.44 bits per heavy atom. The van der Waals surface area contributed by atoms with Gasteiger partial charge in [0.15, 0.2) is 11.4 Å². The molecule has 4 fully saturated rings. The molecule has 2 aromatic heterocycles. The molecule has 2 aromatic rings. The molecule has 2 saturated heterocycles. The first-order chi connectivity index (χ1) is 16.5. The van der Waals surface area contributed by atoms with Gasteiger partial charge in [-0.3, -0.25) is 0 Å². The lowest BCUT2D eigenvalue weighted by Crippen LogP contribution is -2.23. The number of piperidine rings is 2. The summed E-state index contributed by atoms with van der Waals surface area (Å²) in [6, 6.07) is 11.3. The molecule has 34 heavy (non-hydrogen) atoms. The van der Waals surface area contributed by atoms with Gasteiger partial charge in [0.1, 0.15) is 17.8 Å². The van der Waals surface area contributed by atoms with E-state index in [2.05, 4.69) is 36.6 Å². The third kappa shape index (κ3) is 4.27. The third-order valence-corrected chi connectivity index (χ3v) is 7.21. The standard InChI is InChI=1S/C13H13N3O2.C12H13N3O/c1-18-13(17)10-2-3-12(11(5-14)15-10)16-6-8-4-9(8)7-16;13-4-11-12(2-1-10(7-16)14-11)15-5-8-3-9(8)6-15/h2-3,8-9H,4,6-7H2,1H3;1-2,8-9,16H,3,5-7H2. The Labute approximate surface area is 198 Å². The smallest absolute Gasteiger partial charge is 0.356 e. The Kier molecular flexibility index (Phi) is 5.80. The number of ether oxygens (including phenoxy) is 1. The molecule has 2 aliphatic heterocycles. The van der Waals surface area contributed by atoms with Crippen molar-refractivity contribution in [1.82, 2.24) is 9.97 Å². The largest absolute Gasteiger partial charge is 0.464 e. The molecular formula is C25H26N6O3. The van der Waals surface area contributed by atoms with Gasteiger partial charge in [0.25, 0.3) is 0 Å². The van der Waals surface area contributed by atoms with E-state index in [0.29, 0.717) is 17.1 Å². The van der Waals surface area contributed by atoms with Crippen LogP contribution in [0.25, 0.3) is 0 Å². The zero-order valence-electron chi connectivity index (χ0n) is 19.0. The minimum absolute atomic E-state index is 0.111. The third-order valence-electron chi connectivity index (χ3n) is 7.21. The first-order valence-electron chi connectivity index (χ1n) is 11.5. The van der Waals surface area contributed by atoms with Gasteiger partial charge < -0.3 is 19.6 Å². The van der Waals surface area contributed by atoms with E-state index in [1.165, 1.54) is 20.0 Å². The maximum Gasteiger partial charge on any atom is 0.356 e. The van der Waals surface area contributed by atoms with Crippen molar-refractivity contribution < 1.29 is 14.6 Å². The highest BCUT2D eigenvalue weighted by molar-refractivity contribution is 5.87. The number of hydrogen-bond donors (Lipinski definition) is 1. The fourth-order valence-corrected chi connectivity index (χ4v) is 5.12. The van der Waals surface area contributed by atoms with Gasteiger partial charge in [-0.05, 0) is 60.8 Å². The summed E-state index contributed by atoms with van der Waals surface area (Å²) in [5.74, 6) is 2.74. The maximum atomic E-state index is 11.4. The molecule has 6 rings (SSSR count). The van der Waals surface area contributed by atoms with E-state index < -0.39 is 5.97 Å². The fourth-order valence-electron chi connectivity index (χ4n) is 5.12. The normalized spacial score (nSPS) is 25.3. The van der Waals surface area contributed by atoms with Crippen LogP contribution >= 0.6 is 0 Å². The van der Waals surface area contributed by atoms with Gasteiger partial charge in [-0.25, -0.2) is 14.8 Å². The molecule has 174 valence electrons. The molecule has 2 aliphatic carbocycles. The number of carbonyl (C=O) groups excluding carboxylic acids is 1. The summed E-state index contributed by atoms with van der Waals surface area (Å²) < 4.78 is 4.60. The molecule has 0 radical (unpaired) electrons. The second-order valence-electron chi connectivity index (χ2n) is 9.43. The number of methoxy groups -OCH3 is 1. The molecule has 4 heterocycles. The van der Waals surface area contributed by atoms with Crippen molar-refractivity contribution in [2.45, 2.75) is 19.4 Å². The molecule has 1 N–H and O–H groups in total. The van der Waals surface area contributed by atoms with Crippen molar-refractivity contribution >= 4 is 17.3 Å². The Morgan fingerprint density at radius 3 is 1.91 bits per heavy atom. The van der Waals surface area contributed by atoms with Crippen LogP contribution in [0.5, 0.6) is 0 Å². The van der Waals surface area contributed by atoms with Crippen LogP contribution in [0.1, 0.15) is 40.4 Å². The highest BCUT2D eigenvalue weighted by Crippen LogP contribution is 2.47. The number of nitrogens with zero attached hydrogens (tertiary/aromatic N) is 6. The van der Waals surface area contributed by atoms with Gasteiger partial charge in [-0.15, -0.1) is 0 Å². The first-order valence-corrected chi connectivity index (χ1v) is 11.5. The lowest BCUT2D eigenvalue weighted by Gasteiger charge is -2.21. The first kappa shape index (κ1) is 22.1. The van der Waals surface area contributed by atoms with Crippen LogP contribution in [-0.4, -0.2) is 54.3 Å². The number of carbonyl (C=O) groups is 1. The van der Waals surface area contributed by atoms with Gasteiger partial charge in [0, 0.05) is 26.2 Å². The van der Waals surface area contributed by atoms with Crippen molar-refractivity contribution in [2.75, 3.05) is 43.1 Å². The van der Waals surface area contributed by atoms with E-state index in [0.717, 1.165) is 61.2 Å². The van der Waals surface area contributed by atoms with Crippen LogP contribution in [-0.2, 0) is 11.3 Å². The number of nitriles is 2. The number of fused-ring (bicyclic) bond motifs is 2. The van der Waals surface area contributed by atoms with Crippen molar-refractivity contribution in [2.24, 2.45) is 23.7 Å². The number of hydrogen-bond acceptors (Lipinski definition) is 9. The lowest BCUT2D eigenvalue weighted by molar-refractivity contribution is 0.0594. The van der Waals surface area contributed by atoms with Crippen LogP contribution in [0.2, 0.25) is 0 Å². The van der Waals surface area contributed by atoms with Gasteiger partial charge in [0.05, 0.1) is 30.8 Å². The van der Waals surface area contributed by atoms with E-state index in [4.69, 9.17) is 15.6 Å². The second-order valence-corrected chi connectivity index (χ2v) is 9.43. The molecule has 0 spiro atoms. The zero-order chi connectivity index (χ0) is 23.8. The number of aliphatic hydroxyl groups excluding tert-OH is 1. The predicted molar refractivity (Wildman–Crippen MR) is 123 cm³/mol. The predicted octanol–water partition coefficient (Wildman–Crippen LogP) is 2.10. The summed E-state index contributed by atoms with van der Waals surface area (Å²) >= 11 is 0. The monoisotopic (exact) mass is 458 g/mol. The van der Waals surface area contributed by atoms with Crippen molar-refractivity contribution in [3.8, 4) is 12.1 Å². The van der Waals surface area contributed by atoms with Crippen molar-refractivity contribution in [3.05, 3.63) is 47.0 Å². The number of esters is 1. The Morgan fingerprint density at radius 1 is 0.941 bits per heavy atom. The number of pyridine rings is 2. The Balaban J connectivity index is 0.000000142. The van der Waals surface area contributed by atoms with E-state index in [-0.39, 0.29) is 12.3 Å². The van der Waals surface area contributed by atoms with Gasteiger partial charge >= 0.3 is 5.97 Å². The van der Waals surface area contributed by atoms with Crippen LogP contribution < -0.4 is 9.80 Å². The fraction of sp³-hybridized carbons (Fsp3) is 0.480. The van der Waals surface area contributed by atoms with Crippen molar-refractivity contribution in [1.29, 1.82) is 10.5 Å². The van der Waals surface area contributed by atoms with Crippen LogP contribution in [0.15, 0.2) is 24.3 Å². The zero-order valence-corrected chi connectivity index (χ0v) is 19.0. The molecule has 4 atom stereocenters. The van der Waals surface area contributed by atoms with Crippen LogP contribution in [0.3, 0.4) is 0 Å². The van der Waals surface area contributed by atoms with E-state index >= 15 is 0 Å². The number of aliphatic hydroxyl groups is 1. The highest BCUT2D eigenvalue weighted by atomic mass is 16.5. The molecular weight excluding hydrogens is 432 g/mol. The highest BCUT2D eigenvalue weighted by Gasteiger charge is 2.46. The molecule has 4 aliphatic rings. The molecule has 9 heteroatoms. The quantitative estimate of drug-likeness (QED) is 0.685. The molecule has 4 unspecified atom stereocenters. The van der Waals surface area contributed by atoms with Crippen molar-refractivity contribution in [3.63, 3.8) is 0 Å². The second kappa shape index (κ2) is 8.92. The molecule has 2 saturated carbocycles. The van der Waals surface area contributed by atoms with Gasteiger partial charge in [-0.1, -0.05) is 0 Å². The summed E-state index contributed by atoms with van der Waals surface area (Å²) in [5, 5.41) is 27.2. The summed E-state index contributed by atoms with van der Waals surface area (Å²) in [4.78, 5) is 24.0. The Hall–Kier alpha value is -3.69.